The van der Waals surface area contributed by atoms with Crippen molar-refractivity contribution in [2.75, 3.05) is 0 Å². The smallest absolute Gasteiger partial charge is 0.150 e. The standard InChI is InChI=1S/C15H18N2O/c1-11-6-7-15(14-5-3-2-4-13(11)14)16-10-12-8-9-17-18-12/h2-5,8-9,11,15-16H,6-7,10H2,1H3. The molecule has 0 amide bonds. The Morgan fingerprint density at radius 2 is 2.06 bits per heavy atom. The number of fused-ring (bicyclic) bond motifs is 1. The molecule has 1 aromatic carbocycles. The third-order valence-corrected chi connectivity index (χ3v) is 3.80. The van der Waals surface area contributed by atoms with Crippen molar-refractivity contribution in [2.24, 2.45) is 0 Å². The fourth-order valence-electron chi connectivity index (χ4n) is 2.77. The molecule has 1 aliphatic carbocycles. The van der Waals surface area contributed by atoms with E-state index in [1.165, 1.54) is 24.0 Å². The predicted octanol–water partition coefficient (Wildman–Crippen LogP) is 3.40. The summed E-state index contributed by atoms with van der Waals surface area (Å²) >= 11 is 0. The number of nitrogens with zero attached hydrogens (tertiary/aromatic N) is 1. The van der Waals surface area contributed by atoms with Crippen LogP contribution >= 0.6 is 0 Å². The summed E-state index contributed by atoms with van der Waals surface area (Å²) < 4.78 is 5.12. The number of hydrogen-bond acceptors (Lipinski definition) is 3. The Hall–Kier alpha value is -1.61. The Morgan fingerprint density at radius 3 is 2.83 bits per heavy atom. The summed E-state index contributed by atoms with van der Waals surface area (Å²) in [5.74, 6) is 1.57. The van der Waals surface area contributed by atoms with E-state index >= 15 is 0 Å². The maximum absolute atomic E-state index is 5.12. The molecule has 2 unspecified atom stereocenters. The molecule has 0 radical (unpaired) electrons. The van der Waals surface area contributed by atoms with E-state index in [4.69, 9.17) is 4.52 Å². The monoisotopic (exact) mass is 242 g/mol. The van der Waals surface area contributed by atoms with Gasteiger partial charge in [0.1, 0.15) is 5.76 Å². The van der Waals surface area contributed by atoms with Crippen LogP contribution in [-0.2, 0) is 6.54 Å². The molecule has 0 bridgehead atoms. The van der Waals surface area contributed by atoms with Gasteiger partial charge in [0.25, 0.3) is 0 Å². The van der Waals surface area contributed by atoms with Gasteiger partial charge in [-0.1, -0.05) is 36.3 Å². The molecule has 0 fully saturated rings. The van der Waals surface area contributed by atoms with Crippen molar-refractivity contribution in [3.63, 3.8) is 0 Å². The highest BCUT2D eigenvalue weighted by Gasteiger charge is 2.23. The average molecular weight is 242 g/mol. The van der Waals surface area contributed by atoms with Crippen molar-refractivity contribution < 1.29 is 4.52 Å². The zero-order valence-electron chi connectivity index (χ0n) is 10.6. The highest BCUT2D eigenvalue weighted by Crippen LogP contribution is 2.36. The van der Waals surface area contributed by atoms with Gasteiger partial charge >= 0.3 is 0 Å². The van der Waals surface area contributed by atoms with Crippen LogP contribution < -0.4 is 5.32 Å². The summed E-state index contributed by atoms with van der Waals surface area (Å²) in [6.07, 6.45) is 4.12. The summed E-state index contributed by atoms with van der Waals surface area (Å²) in [6.45, 7) is 3.05. The van der Waals surface area contributed by atoms with E-state index in [-0.39, 0.29) is 0 Å². The molecule has 2 aromatic rings. The normalized spacial score (nSPS) is 22.7. The van der Waals surface area contributed by atoms with Gasteiger partial charge in [-0.2, -0.15) is 0 Å². The van der Waals surface area contributed by atoms with Gasteiger partial charge in [-0.15, -0.1) is 0 Å². The molecular weight excluding hydrogens is 224 g/mol. The minimum atomic E-state index is 0.433. The summed E-state index contributed by atoms with van der Waals surface area (Å²) in [7, 11) is 0. The minimum Gasteiger partial charge on any atom is -0.360 e. The summed E-state index contributed by atoms with van der Waals surface area (Å²) in [4.78, 5) is 0. The van der Waals surface area contributed by atoms with Gasteiger partial charge in [-0.25, -0.2) is 0 Å². The highest BCUT2D eigenvalue weighted by atomic mass is 16.5. The highest BCUT2D eigenvalue weighted by molar-refractivity contribution is 5.34. The third kappa shape index (κ3) is 2.18. The van der Waals surface area contributed by atoms with Crippen molar-refractivity contribution in [1.82, 2.24) is 10.5 Å². The van der Waals surface area contributed by atoms with Gasteiger partial charge in [-0.3, -0.25) is 0 Å². The first-order valence-electron chi connectivity index (χ1n) is 6.56. The largest absolute Gasteiger partial charge is 0.360 e. The van der Waals surface area contributed by atoms with E-state index < -0.39 is 0 Å². The molecule has 3 nitrogen and oxygen atoms in total. The number of aromatic nitrogens is 1. The second-order valence-corrected chi connectivity index (χ2v) is 5.02. The lowest BCUT2D eigenvalue weighted by atomic mass is 9.81. The van der Waals surface area contributed by atoms with E-state index in [0.717, 1.165) is 12.3 Å². The second-order valence-electron chi connectivity index (χ2n) is 5.02. The molecule has 0 spiro atoms. The molecule has 1 N–H and O–H groups in total. The minimum absolute atomic E-state index is 0.433. The number of rotatable bonds is 3. The quantitative estimate of drug-likeness (QED) is 0.896. The molecule has 94 valence electrons. The molecule has 3 rings (SSSR count). The molecule has 2 atom stereocenters. The molecule has 0 saturated heterocycles. The van der Waals surface area contributed by atoms with Gasteiger partial charge in [0.05, 0.1) is 12.7 Å². The van der Waals surface area contributed by atoms with Crippen LogP contribution in [0.4, 0.5) is 0 Å². The van der Waals surface area contributed by atoms with Crippen LogP contribution in [0.1, 0.15) is 48.6 Å². The maximum Gasteiger partial charge on any atom is 0.150 e. The van der Waals surface area contributed by atoms with E-state index in [2.05, 4.69) is 41.7 Å². The summed E-state index contributed by atoms with van der Waals surface area (Å²) in [6, 6.07) is 11.1. The van der Waals surface area contributed by atoms with E-state index in [1.54, 1.807) is 6.20 Å². The van der Waals surface area contributed by atoms with Crippen molar-refractivity contribution in [2.45, 2.75) is 38.3 Å². The van der Waals surface area contributed by atoms with Crippen LogP contribution in [0, 0.1) is 0 Å². The van der Waals surface area contributed by atoms with Crippen LogP contribution in [0.5, 0.6) is 0 Å². The molecule has 0 aliphatic heterocycles. The lowest BCUT2D eigenvalue weighted by Gasteiger charge is -2.30. The van der Waals surface area contributed by atoms with Crippen LogP contribution in [0.3, 0.4) is 0 Å². The maximum atomic E-state index is 5.12. The summed E-state index contributed by atoms with van der Waals surface area (Å²) in [5.41, 5.74) is 2.93. The van der Waals surface area contributed by atoms with Gasteiger partial charge in [-0.05, 0) is 29.9 Å². The van der Waals surface area contributed by atoms with Crippen molar-refractivity contribution in [1.29, 1.82) is 0 Å². The molecule has 0 saturated carbocycles. The van der Waals surface area contributed by atoms with E-state index in [9.17, 15) is 0 Å². The number of nitrogens with one attached hydrogen (secondary N) is 1. The van der Waals surface area contributed by atoms with Crippen molar-refractivity contribution in [3.05, 3.63) is 53.4 Å². The molecule has 1 aromatic heterocycles. The van der Waals surface area contributed by atoms with Gasteiger partial charge in [0.15, 0.2) is 0 Å². The Kier molecular flexibility index (Phi) is 3.15. The van der Waals surface area contributed by atoms with Crippen molar-refractivity contribution in [3.8, 4) is 0 Å². The Labute approximate surface area is 107 Å². The third-order valence-electron chi connectivity index (χ3n) is 3.80. The van der Waals surface area contributed by atoms with Gasteiger partial charge in [0, 0.05) is 12.1 Å². The van der Waals surface area contributed by atoms with Gasteiger partial charge < -0.3 is 9.84 Å². The zero-order chi connectivity index (χ0) is 12.4. The Morgan fingerprint density at radius 1 is 1.22 bits per heavy atom. The van der Waals surface area contributed by atoms with E-state index in [0.29, 0.717) is 12.0 Å². The van der Waals surface area contributed by atoms with Crippen LogP contribution in [0.25, 0.3) is 0 Å². The lowest BCUT2D eigenvalue weighted by Crippen LogP contribution is -2.25. The SMILES string of the molecule is CC1CCC(NCc2ccno2)c2ccccc21. The number of hydrogen-bond donors (Lipinski definition) is 1. The fraction of sp³-hybridized carbons (Fsp3) is 0.400. The molecule has 3 heteroatoms. The Bertz CT molecular complexity index is 507. The second kappa shape index (κ2) is 4.94. The Balaban J connectivity index is 1.76. The molecule has 1 aliphatic rings. The number of benzene rings is 1. The average Bonchev–Trinajstić information content (AvgIpc) is 2.92. The van der Waals surface area contributed by atoms with Crippen LogP contribution in [0.2, 0.25) is 0 Å². The predicted molar refractivity (Wildman–Crippen MR) is 70.2 cm³/mol. The summed E-state index contributed by atoms with van der Waals surface area (Å²) in [5, 5.41) is 7.29. The van der Waals surface area contributed by atoms with Crippen LogP contribution in [-0.4, -0.2) is 5.16 Å². The van der Waals surface area contributed by atoms with Crippen LogP contribution in [0.15, 0.2) is 41.1 Å². The first-order valence-corrected chi connectivity index (χ1v) is 6.56. The van der Waals surface area contributed by atoms with Gasteiger partial charge in [0.2, 0.25) is 0 Å². The fourth-order valence-corrected chi connectivity index (χ4v) is 2.77. The first kappa shape index (κ1) is 11.5. The molecular formula is C15H18N2O. The molecule has 18 heavy (non-hydrogen) atoms. The van der Waals surface area contributed by atoms with E-state index in [1.807, 2.05) is 6.07 Å². The topological polar surface area (TPSA) is 38.1 Å². The van der Waals surface area contributed by atoms with Crippen molar-refractivity contribution >= 4 is 0 Å². The zero-order valence-corrected chi connectivity index (χ0v) is 10.6. The molecule has 1 heterocycles. The first-order chi connectivity index (χ1) is 8.84. The lowest BCUT2D eigenvalue weighted by molar-refractivity contribution is 0.351.